The van der Waals surface area contributed by atoms with Gasteiger partial charge in [0, 0.05) is 0 Å². The van der Waals surface area contributed by atoms with Gasteiger partial charge < -0.3 is 4.74 Å². The number of benzene rings is 3. The maximum atomic E-state index is 13.9. The number of hydrogen-bond acceptors (Lipinski definition) is 4. The number of aromatic nitrogens is 3. The van der Waals surface area contributed by atoms with Gasteiger partial charge in [0.2, 0.25) is 5.95 Å². The molecular weight excluding hydrogens is 400 g/mol. The van der Waals surface area contributed by atoms with Gasteiger partial charge in [0.25, 0.3) is 5.91 Å². The van der Waals surface area contributed by atoms with E-state index in [1.54, 1.807) is 24.1 Å². The molecule has 0 aliphatic carbocycles. The maximum Gasteiger partial charge on any atom is 0.264 e. The number of carbonyl (C=O) groups is 1. The van der Waals surface area contributed by atoms with Crippen molar-refractivity contribution in [1.82, 2.24) is 14.8 Å². The van der Waals surface area contributed by atoms with Gasteiger partial charge in [-0.25, -0.2) is 4.68 Å². The van der Waals surface area contributed by atoms with E-state index >= 15 is 0 Å². The maximum absolute atomic E-state index is 13.9. The minimum Gasteiger partial charge on any atom is -0.496 e. The van der Waals surface area contributed by atoms with Crippen molar-refractivity contribution in [3.05, 3.63) is 107 Å². The van der Waals surface area contributed by atoms with Crippen LogP contribution >= 0.6 is 0 Å². The molecule has 0 saturated carbocycles. The molecule has 2 atom stereocenters. The van der Waals surface area contributed by atoms with Gasteiger partial charge in [0.1, 0.15) is 12.1 Å². The lowest BCUT2D eigenvalue weighted by molar-refractivity contribution is 0.0960. The summed E-state index contributed by atoms with van der Waals surface area (Å²) in [7, 11) is 1.58. The summed E-state index contributed by atoms with van der Waals surface area (Å²) in [6.45, 7) is 2.08. The van der Waals surface area contributed by atoms with Crippen LogP contribution in [-0.2, 0) is 0 Å². The van der Waals surface area contributed by atoms with E-state index in [0.29, 0.717) is 23.7 Å². The minimum atomic E-state index is -0.198. The van der Waals surface area contributed by atoms with Gasteiger partial charge >= 0.3 is 0 Å². The lowest BCUT2D eigenvalue weighted by atomic mass is 9.91. The van der Waals surface area contributed by atoms with Gasteiger partial charge in [-0.3, -0.25) is 9.69 Å². The van der Waals surface area contributed by atoms with Crippen LogP contribution in [0.2, 0.25) is 0 Å². The molecule has 2 heterocycles. The van der Waals surface area contributed by atoms with Crippen molar-refractivity contribution in [3.8, 4) is 5.75 Å². The van der Waals surface area contributed by atoms with Crippen LogP contribution in [0.3, 0.4) is 0 Å². The fraction of sp³-hybridized carbons (Fsp3) is 0.192. The molecule has 5 rings (SSSR count). The van der Waals surface area contributed by atoms with E-state index in [4.69, 9.17) is 4.74 Å². The zero-order chi connectivity index (χ0) is 22.1. The SMILES string of the molecule is COc1ccccc1C(=O)N1c2ncnn2[C@H](c2ccc(C)cc2)C[C@H]1c1ccccc1. The Hall–Kier alpha value is -3.93. The molecule has 0 radical (unpaired) electrons. The molecule has 0 bridgehead atoms. The van der Waals surface area contributed by atoms with Crippen molar-refractivity contribution in [3.63, 3.8) is 0 Å². The number of amides is 1. The van der Waals surface area contributed by atoms with Crippen LogP contribution in [0, 0.1) is 6.92 Å². The van der Waals surface area contributed by atoms with Gasteiger partial charge in [-0.1, -0.05) is 72.3 Å². The Balaban J connectivity index is 1.65. The third-order valence-electron chi connectivity index (χ3n) is 6.03. The van der Waals surface area contributed by atoms with Crippen molar-refractivity contribution >= 4 is 11.9 Å². The first-order valence-electron chi connectivity index (χ1n) is 10.6. The number of carbonyl (C=O) groups excluding carboxylic acids is 1. The molecule has 0 saturated heterocycles. The fourth-order valence-electron chi connectivity index (χ4n) is 4.40. The number of nitrogens with zero attached hydrogens (tertiary/aromatic N) is 4. The average molecular weight is 425 g/mol. The second-order valence-corrected chi connectivity index (χ2v) is 7.97. The summed E-state index contributed by atoms with van der Waals surface area (Å²) in [5.41, 5.74) is 3.91. The highest BCUT2D eigenvalue weighted by atomic mass is 16.5. The number of hydrogen-bond donors (Lipinski definition) is 0. The van der Waals surface area contributed by atoms with Crippen molar-refractivity contribution < 1.29 is 9.53 Å². The molecule has 6 heteroatoms. The normalized spacial score (nSPS) is 17.6. The first-order valence-corrected chi connectivity index (χ1v) is 10.6. The molecular formula is C26H24N4O2. The van der Waals surface area contributed by atoms with Crippen molar-refractivity contribution in [2.45, 2.75) is 25.4 Å². The van der Waals surface area contributed by atoms with Gasteiger partial charge in [-0.2, -0.15) is 10.1 Å². The first-order chi connectivity index (χ1) is 15.7. The Morgan fingerprint density at radius 1 is 0.906 bits per heavy atom. The molecule has 0 spiro atoms. The zero-order valence-corrected chi connectivity index (χ0v) is 18.1. The molecule has 32 heavy (non-hydrogen) atoms. The fourth-order valence-corrected chi connectivity index (χ4v) is 4.40. The Morgan fingerprint density at radius 2 is 1.59 bits per heavy atom. The first kappa shape index (κ1) is 20.0. The smallest absolute Gasteiger partial charge is 0.264 e. The lowest BCUT2D eigenvalue weighted by Gasteiger charge is -2.39. The number of fused-ring (bicyclic) bond motifs is 1. The highest BCUT2D eigenvalue weighted by Gasteiger charge is 2.40. The molecule has 0 unspecified atom stereocenters. The quantitative estimate of drug-likeness (QED) is 0.464. The lowest BCUT2D eigenvalue weighted by Crippen LogP contribution is -2.42. The Kier molecular flexibility index (Phi) is 5.19. The van der Waals surface area contributed by atoms with Crippen molar-refractivity contribution in [1.29, 1.82) is 0 Å². The van der Waals surface area contributed by atoms with Crippen molar-refractivity contribution in [2.75, 3.05) is 12.0 Å². The molecule has 1 aromatic heterocycles. The van der Waals surface area contributed by atoms with E-state index < -0.39 is 0 Å². The molecule has 1 aliphatic heterocycles. The average Bonchev–Trinajstić information content (AvgIpc) is 3.33. The summed E-state index contributed by atoms with van der Waals surface area (Å²) < 4.78 is 7.34. The third-order valence-corrected chi connectivity index (χ3v) is 6.03. The van der Waals surface area contributed by atoms with Crippen LogP contribution in [0.1, 0.15) is 45.6 Å². The Bertz CT molecular complexity index is 1230. The van der Waals surface area contributed by atoms with E-state index in [1.807, 2.05) is 35.0 Å². The number of aryl methyl sites for hydroxylation is 1. The van der Waals surface area contributed by atoms with E-state index in [-0.39, 0.29) is 18.0 Å². The molecule has 4 aromatic rings. The summed E-state index contributed by atoms with van der Waals surface area (Å²) in [6, 6.07) is 25.6. The summed E-state index contributed by atoms with van der Waals surface area (Å²) in [4.78, 5) is 20.2. The second-order valence-electron chi connectivity index (χ2n) is 7.97. The van der Waals surface area contributed by atoms with E-state index in [9.17, 15) is 4.79 Å². The molecule has 1 amide bonds. The summed E-state index contributed by atoms with van der Waals surface area (Å²) in [5.74, 6) is 0.913. The monoisotopic (exact) mass is 424 g/mol. The number of ether oxygens (including phenoxy) is 1. The number of methoxy groups -OCH3 is 1. The second kappa shape index (κ2) is 8.30. The topological polar surface area (TPSA) is 60.2 Å². The zero-order valence-electron chi connectivity index (χ0n) is 18.1. The van der Waals surface area contributed by atoms with Crippen LogP contribution in [0.5, 0.6) is 5.75 Å². The number of rotatable bonds is 4. The Morgan fingerprint density at radius 3 is 2.34 bits per heavy atom. The molecule has 6 nitrogen and oxygen atoms in total. The highest BCUT2D eigenvalue weighted by Crippen LogP contribution is 2.43. The van der Waals surface area contributed by atoms with Gasteiger partial charge in [-0.05, 0) is 36.6 Å². The summed E-state index contributed by atoms with van der Waals surface area (Å²) in [6.07, 6.45) is 2.21. The minimum absolute atomic E-state index is 0.0278. The number of para-hydroxylation sites is 1. The Labute approximate surface area is 187 Å². The summed E-state index contributed by atoms with van der Waals surface area (Å²) >= 11 is 0. The molecule has 1 aliphatic rings. The van der Waals surface area contributed by atoms with E-state index in [2.05, 4.69) is 53.4 Å². The molecule has 0 N–H and O–H groups in total. The van der Waals surface area contributed by atoms with E-state index in [1.165, 1.54) is 11.9 Å². The predicted molar refractivity (Wildman–Crippen MR) is 123 cm³/mol. The van der Waals surface area contributed by atoms with Crippen molar-refractivity contribution in [2.24, 2.45) is 0 Å². The van der Waals surface area contributed by atoms with Crippen LogP contribution < -0.4 is 9.64 Å². The van der Waals surface area contributed by atoms with Gasteiger partial charge in [0.05, 0.1) is 24.8 Å². The van der Waals surface area contributed by atoms with Crippen LogP contribution in [0.15, 0.2) is 85.2 Å². The largest absolute Gasteiger partial charge is 0.496 e. The summed E-state index contributed by atoms with van der Waals surface area (Å²) in [5, 5.41) is 4.51. The van der Waals surface area contributed by atoms with Gasteiger partial charge in [-0.15, -0.1) is 0 Å². The predicted octanol–water partition coefficient (Wildman–Crippen LogP) is 4.98. The standard InChI is InChI=1S/C26H24N4O2/c1-18-12-14-20(15-13-18)23-16-22(19-8-4-3-5-9-19)29(26-27-17-28-30(23)26)25(31)21-10-6-7-11-24(21)32-2/h3-15,17,22-23H,16H2,1-2H3/t22-,23-/m0/s1. The molecule has 0 fully saturated rings. The van der Waals surface area contributed by atoms with Crippen LogP contribution in [-0.4, -0.2) is 27.8 Å². The molecule has 3 aromatic carbocycles. The van der Waals surface area contributed by atoms with Crippen LogP contribution in [0.4, 0.5) is 5.95 Å². The highest BCUT2D eigenvalue weighted by molar-refractivity contribution is 6.07. The van der Waals surface area contributed by atoms with Crippen LogP contribution in [0.25, 0.3) is 0 Å². The van der Waals surface area contributed by atoms with E-state index in [0.717, 1.165) is 11.1 Å². The van der Waals surface area contributed by atoms with Gasteiger partial charge in [0.15, 0.2) is 0 Å². The molecule has 160 valence electrons. The third kappa shape index (κ3) is 3.43. The number of anilines is 1.